The first-order valence-electron chi connectivity index (χ1n) is 9.03. The van der Waals surface area contributed by atoms with Gasteiger partial charge in [0.1, 0.15) is 0 Å². The highest BCUT2D eigenvalue weighted by atomic mass is 35.5. The molecule has 1 atom stereocenters. The molecular formula is C24H18ClNO2. The molecule has 0 bridgehead atoms. The minimum Gasteiger partial charge on any atom is -0.428 e. The predicted octanol–water partition coefficient (Wildman–Crippen LogP) is 5.64. The van der Waals surface area contributed by atoms with Gasteiger partial charge in [-0.1, -0.05) is 96.5 Å². The van der Waals surface area contributed by atoms with Crippen molar-refractivity contribution >= 4 is 29.4 Å². The highest BCUT2D eigenvalue weighted by Gasteiger charge is 2.43. The second-order valence-electron chi connectivity index (χ2n) is 6.53. The van der Waals surface area contributed by atoms with Crippen LogP contribution in [0.3, 0.4) is 0 Å². The monoisotopic (exact) mass is 387 g/mol. The third-order valence-electron chi connectivity index (χ3n) is 4.57. The van der Waals surface area contributed by atoms with E-state index in [4.69, 9.17) is 21.3 Å². The molecule has 0 aliphatic carbocycles. The van der Waals surface area contributed by atoms with Crippen LogP contribution in [0.2, 0.25) is 5.02 Å². The van der Waals surface area contributed by atoms with Crippen molar-refractivity contribution in [1.29, 1.82) is 0 Å². The van der Waals surface area contributed by atoms with Crippen LogP contribution < -0.4 is 0 Å². The van der Waals surface area contributed by atoms with Crippen molar-refractivity contribution < 1.29 is 9.53 Å². The molecule has 0 aromatic heterocycles. The van der Waals surface area contributed by atoms with E-state index >= 15 is 0 Å². The van der Waals surface area contributed by atoms with Crippen molar-refractivity contribution in [3.63, 3.8) is 0 Å². The molecule has 0 amide bonds. The fourth-order valence-corrected chi connectivity index (χ4v) is 3.42. The summed E-state index contributed by atoms with van der Waals surface area (Å²) in [5.74, 6) is -0.411. The Kier molecular flexibility index (Phi) is 5.09. The maximum atomic E-state index is 12.6. The third-order valence-corrected chi connectivity index (χ3v) is 4.81. The lowest BCUT2D eigenvalue weighted by molar-refractivity contribution is -0.146. The third kappa shape index (κ3) is 3.75. The molecule has 3 nitrogen and oxygen atoms in total. The maximum absolute atomic E-state index is 12.6. The molecule has 4 rings (SSSR count). The Bertz CT molecular complexity index is 1040. The molecule has 1 aliphatic heterocycles. The Hall–Kier alpha value is -3.17. The average molecular weight is 388 g/mol. The van der Waals surface area contributed by atoms with Crippen LogP contribution in [-0.4, -0.2) is 11.7 Å². The average Bonchev–Trinajstić information content (AvgIpc) is 3.07. The van der Waals surface area contributed by atoms with Gasteiger partial charge in [0.15, 0.2) is 5.71 Å². The fraction of sp³-hybridized carbons (Fsp3) is 0.0833. The van der Waals surface area contributed by atoms with Gasteiger partial charge in [0.25, 0.3) is 0 Å². The molecule has 0 saturated carbocycles. The SMILES string of the molecule is O=C1O[C@@](C/C=C/c2cccc(Cl)c2)(c2ccccc2)N=C1c1ccccc1. The van der Waals surface area contributed by atoms with Gasteiger partial charge < -0.3 is 4.74 Å². The fourth-order valence-electron chi connectivity index (χ4n) is 3.22. The molecule has 3 aromatic rings. The van der Waals surface area contributed by atoms with Crippen LogP contribution in [0.15, 0.2) is 96.0 Å². The van der Waals surface area contributed by atoms with Gasteiger partial charge >= 0.3 is 5.97 Å². The van der Waals surface area contributed by atoms with Gasteiger partial charge in [-0.3, -0.25) is 0 Å². The number of ether oxygens (including phenoxy) is 1. The van der Waals surface area contributed by atoms with Crippen LogP contribution in [0.1, 0.15) is 23.1 Å². The van der Waals surface area contributed by atoms with Crippen LogP contribution in [0.4, 0.5) is 0 Å². The first-order valence-corrected chi connectivity index (χ1v) is 9.40. The van der Waals surface area contributed by atoms with E-state index in [1.54, 1.807) is 0 Å². The number of nitrogens with zero attached hydrogens (tertiary/aromatic N) is 1. The first kappa shape index (κ1) is 18.2. The molecule has 1 aliphatic rings. The van der Waals surface area contributed by atoms with Crippen molar-refractivity contribution in [3.05, 3.63) is 113 Å². The molecule has 4 heteroatoms. The molecular weight excluding hydrogens is 370 g/mol. The second-order valence-corrected chi connectivity index (χ2v) is 6.96. The van der Waals surface area contributed by atoms with E-state index in [0.29, 0.717) is 17.2 Å². The van der Waals surface area contributed by atoms with Gasteiger partial charge in [-0.25, -0.2) is 9.79 Å². The van der Waals surface area contributed by atoms with Gasteiger partial charge in [0, 0.05) is 22.6 Å². The highest BCUT2D eigenvalue weighted by molar-refractivity contribution is 6.44. The molecule has 0 fully saturated rings. The van der Waals surface area contributed by atoms with E-state index in [1.165, 1.54) is 0 Å². The minimum atomic E-state index is -1.07. The van der Waals surface area contributed by atoms with Crippen LogP contribution in [-0.2, 0) is 15.3 Å². The maximum Gasteiger partial charge on any atom is 0.359 e. The normalized spacial score (nSPS) is 18.9. The lowest BCUT2D eigenvalue weighted by Gasteiger charge is -2.24. The number of cyclic esters (lactones) is 1. The second kappa shape index (κ2) is 7.83. The summed E-state index contributed by atoms with van der Waals surface area (Å²) in [4.78, 5) is 17.4. The first-order chi connectivity index (χ1) is 13.7. The molecule has 0 radical (unpaired) electrons. The number of esters is 1. The minimum absolute atomic E-state index is 0.348. The number of halogens is 1. The van der Waals surface area contributed by atoms with E-state index in [1.807, 2.05) is 97.1 Å². The molecule has 1 heterocycles. The zero-order valence-electron chi connectivity index (χ0n) is 15.1. The van der Waals surface area contributed by atoms with E-state index < -0.39 is 11.7 Å². The van der Waals surface area contributed by atoms with Crippen LogP contribution >= 0.6 is 11.6 Å². The Labute approximate surface area is 169 Å². The van der Waals surface area contributed by atoms with Crippen LogP contribution in [0, 0.1) is 0 Å². The lowest BCUT2D eigenvalue weighted by atomic mass is 9.99. The standard InChI is InChI=1S/C24H18ClNO2/c25-21-15-7-9-18(17-21)10-8-16-24(20-13-5-2-6-14-20)26-22(23(27)28-24)19-11-3-1-4-12-19/h1-15,17H,16H2/b10-8+/t24-/m0/s1. The molecule has 0 spiro atoms. The summed E-state index contributed by atoms with van der Waals surface area (Å²) in [5.41, 5.74) is 1.85. The lowest BCUT2D eigenvalue weighted by Crippen LogP contribution is -2.24. The van der Waals surface area contributed by atoms with Gasteiger partial charge in [-0.2, -0.15) is 0 Å². The van der Waals surface area contributed by atoms with Crippen molar-refractivity contribution in [2.45, 2.75) is 12.1 Å². The van der Waals surface area contributed by atoms with E-state index in [9.17, 15) is 4.79 Å². The van der Waals surface area contributed by atoms with E-state index in [0.717, 1.165) is 16.7 Å². The predicted molar refractivity (Wildman–Crippen MR) is 112 cm³/mol. The molecule has 3 aromatic carbocycles. The number of rotatable bonds is 5. The van der Waals surface area contributed by atoms with Crippen molar-refractivity contribution in [2.24, 2.45) is 4.99 Å². The zero-order valence-corrected chi connectivity index (χ0v) is 15.8. The summed E-state index contributed by atoms with van der Waals surface area (Å²) in [5, 5.41) is 0.677. The summed E-state index contributed by atoms with van der Waals surface area (Å²) in [6.07, 6.45) is 4.34. The van der Waals surface area contributed by atoms with Gasteiger partial charge in [0.05, 0.1) is 0 Å². The Morgan fingerprint density at radius 3 is 2.36 bits per heavy atom. The van der Waals surface area contributed by atoms with Crippen LogP contribution in [0.25, 0.3) is 6.08 Å². The summed E-state index contributed by atoms with van der Waals surface area (Å²) in [6.45, 7) is 0. The topological polar surface area (TPSA) is 38.7 Å². The number of aliphatic imine (C=N–C) groups is 1. The quantitative estimate of drug-likeness (QED) is 0.531. The number of carbonyl (C=O) groups excluding carboxylic acids is 1. The smallest absolute Gasteiger partial charge is 0.359 e. The van der Waals surface area contributed by atoms with Crippen LogP contribution in [0.5, 0.6) is 0 Å². The molecule has 0 N–H and O–H groups in total. The Morgan fingerprint density at radius 1 is 0.929 bits per heavy atom. The largest absolute Gasteiger partial charge is 0.428 e. The van der Waals surface area contributed by atoms with Gasteiger partial charge in [-0.05, 0) is 17.7 Å². The summed E-state index contributed by atoms with van der Waals surface area (Å²) in [6, 6.07) is 26.6. The number of hydrogen-bond acceptors (Lipinski definition) is 3. The zero-order chi connectivity index (χ0) is 19.4. The summed E-state index contributed by atoms with van der Waals surface area (Å²) < 4.78 is 5.84. The summed E-state index contributed by atoms with van der Waals surface area (Å²) >= 11 is 6.06. The van der Waals surface area contributed by atoms with Gasteiger partial charge in [-0.15, -0.1) is 0 Å². The molecule has 0 unspecified atom stereocenters. The Morgan fingerprint density at radius 2 is 1.64 bits per heavy atom. The van der Waals surface area contributed by atoms with Gasteiger partial charge in [0.2, 0.25) is 5.72 Å². The van der Waals surface area contributed by atoms with Crippen molar-refractivity contribution in [1.82, 2.24) is 0 Å². The van der Waals surface area contributed by atoms with E-state index in [2.05, 4.69) is 0 Å². The molecule has 0 saturated heterocycles. The van der Waals surface area contributed by atoms with Crippen molar-refractivity contribution in [3.8, 4) is 0 Å². The Balaban J connectivity index is 1.70. The molecule has 138 valence electrons. The number of hydrogen-bond donors (Lipinski definition) is 0. The number of carbonyl (C=O) groups is 1. The number of benzene rings is 3. The van der Waals surface area contributed by atoms with Crippen molar-refractivity contribution in [2.75, 3.05) is 0 Å². The highest BCUT2D eigenvalue weighted by Crippen LogP contribution is 2.37. The molecule has 28 heavy (non-hydrogen) atoms. The summed E-state index contributed by atoms with van der Waals surface area (Å²) in [7, 11) is 0. The van der Waals surface area contributed by atoms with E-state index in [-0.39, 0.29) is 0 Å².